The average Bonchev–Trinajstić information content (AvgIpc) is 3.09. The number of nitrogens with two attached hydrogens (primary N) is 1. The zero-order valence-corrected chi connectivity index (χ0v) is 13.9. The molecular weight excluding hydrogens is 332 g/mol. The van der Waals surface area contributed by atoms with E-state index in [-0.39, 0.29) is 12.3 Å². The van der Waals surface area contributed by atoms with E-state index in [2.05, 4.69) is 15.6 Å². The number of hydrogen-bond donors (Lipinski definition) is 3. The fourth-order valence-electron chi connectivity index (χ4n) is 2.42. The van der Waals surface area contributed by atoms with E-state index in [9.17, 15) is 9.59 Å². The quantitative estimate of drug-likeness (QED) is 0.632. The summed E-state index contributed by atoms with van der Waals surface area (Å²) in [6.07, 6.45) is 2.27. The second-order valence-electron chi connectivity index (χ2n) is 5.60. The molecule has 1 heterocycles. The van der Waals surface area contributed by atoms with E-state index in [0.29, 0.717) is 29.4 Å². The molecule has 0 radical (unpaired) electrons. The SMILES string of the molecule is NC(=O)Nc1cccc(NC(=O)CCc2ncc(-c3ccccc3)o2)c1. The van der Waals surface area contributed by atoms with Crippen LogP contribution in [0.3, 0.4) is 0 Å². The zero-order chi connectivity index (χ0) is 18.4. The number of carbonyl (C=O) groups excluding carboxylic acids is 2. The van der Waals surface area contributed by atoms with E-state index < -0.39 is 6.03 Å². The van der Waals surface area contributed by atoms with Gasteiger partial charge in [-0.15, -0.1) is 0 Å². The molecule has 0 aliphatic rings. The molecule has 0 saturated carbocycles. The number of anilines is 2. The van der Waals surface area contributed by atoms with Crippen molar-refractivity contribution in [1.29, 1.82) is 0 Å². The number of oxazole rings is 1. The van der Waals surface area contributed by atoms with Crippen molar-refractivity contribution in [3.05, 3.63) is 66.7 Å². The first-order chi connectivity index (χ1) is 12.6. The molecule has 3 rings (SSSR count). The number of urea groups is 1. The number of benzene rings is 2. The third kappa shape index (κ3) is 4.70. The van der Waals surface area contributed by atoms with Crippen LogP contribution < -0.4 is 16.4 Å². The van der Waals surface area contributed by atoms with Crippen LogP contribution in [0.2, 0.25) is 0 Å². The van der Waals surface area contributed by atoms with Crippen molar-refractivity contribution in [1.82, 2.24) is 4.98 Å². The van der Waals surface area contributed by atoms with E-state index in [4.69, 9.17) is 10.2 Å². The Hall–Kier alpha value is -3.61. The standard InChI is InChI=1S/C19H18N4O3/c20-19(25)23-15-8-4-7-14(11-15)22-17(24)9-10-18-21-12-16(26-18)13-5-2-1-3-6-13/h1-8,11-12H,9-10H2,(H,22,24)(H3,20,23,25). The summed E-state index contributed by atoms with van der Waals surface area (Å²) in [7, 11) is 0. The van der Waals surface area contributed by atoms with Crippen LogP contribution in [-0.4, -0.2) is 16.9 Å². The predicted octanol–water partition coefficient (Wildman–Crippen LogP) is 3.40. The molecule has 0 unspecified atom stereocenters. The molecule has 0 spiro atoms. The Morgan fingerprint density at radius 1 is 1.00 bits per heavy atom. The van der Waals surface area contributed by atoms with E-state index >= 15 is 0 Å². The van der Waals surface area contributed by atoms with Crippen molar-refractivity contribution in [2.45, 2.75) is 12.8 Å². The lowest BCUT2D eigenvalue weighted by Crippen LogP contribution is -2.19. The number of rotatable bonds is 6. The number of nitrogens with one attached hydrogen (secondary N) is 2. The number of amides is 3. The molecule has 0 saturated heterocycles. The molecule has 0 aliphatic carbocycles. The molecule has 3 aromatic rings. The molecule has 132 valence electrons. The van der Waals surface area contributed by atoms with Crippen molar-refractivity contribution in [3.63, 3.8) is 0 Å². The second-order valence-corrected chi connectivity index (χ2v) is 5.60. The summed E-state index contributed by atoms with van der Waals surface area (Å²) in [4.78, 5) is 27.2. The summed E-state index contributed by atoms with van der Waals surface area (Å²) < 4.78 is 5.68. The Balaban J connectivity index is 1.55. The molecule has 26 heavy (non-hydrogen) atoms. The molecule has 0 aliphatic heterocycles. The number of hydrogen-bond acceptors (Lipinski definition) is 4. The van der Waals surface area contributed by atoms with Gasteiger partial charge in [0.15, 0.2) is 11.7 Å². The lowest BCUT2D eigenvalue weighted by Gasteiger charge is -2.07. The summed E-state index contributed by atoms with van der Waals surface area (Å²) in [6, 6.07) is 15.7. The predicted molar refractivity (Wildman–Crippen MR) is 98.5 cm³/mol. The second kappa shape index (κ2) is 7.98. The number of primary amides is 1. The van der Waals surface area contributed by atoms with Gasteiger partial charge in [-0.2, -0.15) is 0 Å². The zero-order valence-electron chi connectivity index (χ0n) is 13.9. The highest BCUT2D eigenvalue weighted by Crippen LogP contribution is 2.20. The first-order valence-electron chi connectivity index (χ1n) is 8.06. The smallest absolute Gasteiger partial charge is 0.316 e. The first-order valence-corrected chi connectivity index (χ1v) is 8.06. The fourth-order valence-corrected chi connectivity index (χ4v) is 2.42. The van der Waals surface area contributed by atoms with Gasteiger partial charge in [0.2, 0.25) is 5.91 Å². The van der Waals surface area contributed by atoms with E-state index in [1.807, 2.05) is 30.3 Å². The van der Waals surface area contributed by atoms with Gasteiger partial charge in [-0.3, -0.25) is 4.79 Å². The number of aryl methyl sites for hydroxylation is 1. The number of nitrogens with zero attached hydrogens (tertiary/aromatic N) is 1. The third-order valence-corrected chi connectivity index (χ3v) is 3.59. The van der Waals surface area contributed by atoms with Crippen LogP contribution in [0, 0.1) is 0 Å². The van der Waals surface area contributed by atoms with E-state index in [0.717, 1.165) is 5.56 Å². The van der Waals surface area contributed by atoms with Gasteiger partial charge in [0.25, 0.3) is 0 Å². The summed E-state index contributed by atoms with van der Waals surface area (Å²) >= 11 is 0. The molecule has 0 bridgehead atoms. The van der Waals surface area contributed by atoms with Gasteiger partial charge < -0.3 is 20.8 Å². The molecule has 7 heteroatoms. The van der Waals surface area contributed by atoms with Crippen molar-refractivity contribution in [2.24, 2.45) is 5.73 Å². The molecule has 2 aromatic carbocycles. The van der Waals surface area contributed by atoms with Gasteiger partial charge in [-0.25, -0.2) is 9.78 Å². The van der Waals surface area contributed by atoms with Crippen LogP contribution >= 0.6 is 0 Å². The topological polar surface area (TPSA) is 110 Å². The maximum absolute atomic E-state index is 12.1. The van der Waals surface area contributed by atoms with Crippen molar-refractivity contribution >= 4 is 23.3 Å². The van der Waals surface area contributed by atoms with E-state index in [1.165, 1.54) is 0 Å². The lowest BCUT2D eigenvalue weighted by atomic mass is 10.2. The summed E-state index contributed by atoms with van der Waals surface area (Å²) in [5.74, 6) is 0.995. The Morgan fingerprint density at radius 3 is 2.46 bits per heavy atom. The van der Waals surface area contributed by atoms with Crippen LogP contribution in [0.15, 0.2) is 65.2 Å². The molecule has 3 amide bonds. The van der Waals surface area contributed by atoms with Gasteiger partial charge in [0, 0.05) is 29.8 Å². The fraction of sp³-hybridized carbons (Fsp3) is 0.105. The Bertz CT molecular complexity index is 906. The highest BCUT2D eigenvalue weighted by atomic mass is 16.4. The molecule has 0 fully saturated rings. The van der Waals surface area contributed by atoms with Gasteiger partial charge in [-0.05, 0) is 18.2 Å². The average molecular weight is 350 g/mol. The van der Waals surface area contributed by atoms with Crippen LogP contribution in [0.5, 0.6) is 0 Å². The van der Waals surface area contributed by atoms with Crippen molar-refractivity contribution in [2.75, 3.05) is 10.6 Å². The molecule has 0 atom stereocenters. The number of aromatic nitrogens is 1. The molecule has 4 N–H and O–H groups in total. The highest BCUT2D eigenvalue weighted by Gasteiger charge is 2.09. The minimum atomic E-state index is -0.661. The minimum absolute atomic E-state index is 0.180. The van der Waals surface area contributed by atoms with Gasteiger partial charge in [0.05, 0.1) is 6.20 Å². The first kappa shape index (κ1) is 17.2. The maximum atomic E-state index is 12.1. The normalized spacial score (nSPS) is 10.3. The van der Waals surface area contributed by atoms with Gasteiger partial charge in [-0.1, -0.05) is 36.4 Å². The minimum Gasteiger partial charge on any atom is -0.441 e. The van der Waals surface area contributed by atoms with Gasteiger partial charge in [0.1, 0.15) is 0 Å². The molecular formula is C19H18N4O3. The largest absolute Gasteiger partial charge is 0.441 e. The highest BCUT2D eigenvalue weighted by molar-refractivity contribution is 5.93. The third-order valence-electron chi connectivity index (χ3n) is 3.59. The number of carbonyl (C=O) groups is 2. The summed E-state index contributed by atoms with van der Waals surface area (Å²) in [6.45, 7) is 0. The van der Waals surface area contributed by atoms with Crippen LogP contribution in [0.1, 0.15) is 12.3 Å². The van der Waals surface area contributed by atoms with Crippen LogP contribution in [0.25, 0.3) is 11.3 Å². The molecule has 1 aromatic heterocycles. The lowest BCUT2D eigenvalue weighted by molar-refractivity contribution is -0.116. The van der Waals surface area contributed by atoms with Crippen LogP contribution in [0.4, 0.5) is 16.2 Å². The Morgan fingerprint density at radius 2 is 1.73 bits per heavy atom. The molecule has 7 nitrogen and oxygen atoms in total. The van der Waals surface area contributed by atoms with Crippen LogP contribution in [-0.2, 0) is 11.2 Å². The maximum Gasteiger partial charge on any atom is 0.316 e. The summed E-state index contributed by atoms with van der Waals surface area (Å²) in [5, 5.41) is 5.22. The Labute approximate surface area is 150 Å². The van der Waals surface area contributed by atoms with Crippen molar-refractivity contribution < 1.29 is 14.0 Å². The van der Waals surface area contributed by atoms with E-state index in [1.54, 1.807) is 30.5 Å². The monoisotopic (exact) mass is 350 g/mol. The Kier molecular flexibility index (Phi) is 5.28. The summed E-state index contributed by atoms with van der Waals surface area (Å²) in [5.41, 5.74) is 7.09. The van der Waals surface area contributed by atoms with Gasteiger partial charge >= 0.3 is 6.03 Å². The van der Waals surface area contributed by atoms with Crippen molar-refractivity contribution in [3.8, 4) is 11.3 Å².